The van der Waals surface area contributed by atoms with Crippen LogP contribution < -0.4 is 5.73 Å². The van der Waals surface area contributed by atoms with E-state index in [2.05, 4.69) is 9.97 Å². The van der Waals surface area contributed by atoms with Gasteiger partial charge in [0.25, 0.3) is 0 Å². The van der Waals surface area contributed by atoms with Gasteiger partial charge in [0.2, 0.25) is 0 Å². The highest BCUT2D eigenvalue weighted by atomic mass is 16.4. The average molecular weight is 157 g/mol. The van der Waals surface area contributed by atoms with Crippen molar-refractivity contribution in [3.05, 3.63) is 18.2 Å². The zero-order valence-corrected chi connectivity index (χ0v) is 5.66. The van der Waals surface area contributed by atoms with E-state index in [-0.39, 0.29) is 24.6 Å². The maximum Gasteiger partial charge on any atom is 0.320 e. The molecule has 0 amide bonds. The molecule has 0 spiro atoms. The molecule has 0 bridgehead atoms. The summed E-state index contributed by atoms with van der Waals surface area (Å²) in [5.41, 5.74) is 5.44. The van der Waals surface area contributed by atoms with Crippen LogP contribution in [0.3, 0.4) is 0 Å². The molecule has 4 N–H and O–H groups in total. The standard InChI is InChI=1S/C6H9N3O2/c7-5(6(10)11)1-4-2-8-3-9-4/h2-3,5H,1,7H2,(H,8,9)(H,10,11)/t5-/m0/s1/i2D,3D. The Hall–Kier alpha value is -1.36. The number of aliphatic carboxylic acids is 1. The minimum Gasteiger partial charge on any atom is -0.480 e. The number of nitrogens with two attached hydrogens (primary N) is 1. The molecule has 5 heteroatoms. The Morgan fingerprint density at radius 1 is 2.09 bits per heavy atom. The molecule has 0 aliphatic rings. The van der Waals surface area contributed by atoms with Gasteiger partial charge >= 0.3 is 5.97 Å². The first-order valence-electron chi connectivity index (χ1n) is 4.01. The molecule has 0 saturated carbocycles. The second kappa shape index (κ2) is 3.16. The lowest BCUT2D eigenvalue weighted by Gasteiger charge is -2.01. The molecule has 0 unspecified atom stereocenters. The largest absolute Gasteiger partial charge is 0.480 e. The van der Waals surface area contributed by atoms with Gasteiger partial charge in [0.15, 0.2) is 0 Å². The maximum atomic E-state index is 10.4. The number of imidazole rings is 1. The Morgan fingerprint density at radius 2 is 2.82 bits per heavy atom. The van der Waals surface area contributed by atoms with Gasteiger partial charge in [-0.05, 0) is 0 Å². The molecule has 1 heterocycles. The lowest BCUT2D eigenvalue weighted by Crippen LogP contribution is -2.32. The van der Waals surface area contributed by atoms with Gasteiger partial charge in [-0.15, -0.1) is 0 Å². The lowest BCUT2D eigenvalue weighted by atomic mass is 10.2. The number of carboxylic acids is 1. The summed E-state index contributed by atoms with van der Waals surface area (Å²) in [6.45, 7) is 0. The number of aromatic nitrogens is 2. The zero-order chi connectivity index (χ0) is 10.0. The van der Waals surface area contributed by atoms with Gasteiger partial charge in [0.1, 0.15) is 7.41 Å². The monoisotopic (exact) mass is 157 g/mol. The number of nitrogens with one attached hydrogen (secondary N) is 1. The van der Waals surface area contributed by atoms with Crippen molar-refractivity contribution in [2.75, 3.05) is 0 Å². The van der Waals surface area contributed by atoms with E-state index in [0.29, 0.717) is 0 Å². The van der Waals surface area contributed by atoms with E-state index in [1.54, 1.807) is 0 Å². The van der Waals surface area contributed by atoms with Crippen LogP contribution in [0.2, 0.25) is 0 Å². The van der Waals surface area contributed by atoms with Crippen LogP contribution in [0.5, 0.6) is 0 Å². The Labute approximate surface area is 66.1 Å². The van der Waals surface area contributed by atoms with E-state index in [4.69, 9.17) is 13.6 Å². The number of aromatic amines is 1. The molecule has 0 radical (unpaired) electrons. The fourth-order valence-electron chi connectivity index (χ4n) is 0.616. The van der Waals surface area contributed by atoms with Crippen LogP contribution in [-0.4, -0.2) is 27.1 Å². The molecular formula is C6H9N3O2. The van der Waals surface area contributed by atoms with E-state index in [9.17, 15) is 4.79 Å². The summed E-state index contributed by atoms with van der Waals surface area (Å²) in [4.78, 5) is 16.3. The second-order valence-corrected chi connectivity index (χ2v) is 2.07. The van der Waals surface area contributed by atoms with E-state index in [1.165, 1.54) is 0 Å². The highest BCUT2D eigenvalue weighted by molar-refractivity contribution is 5.73. The van der Waals surface area contributed by atoms with Crippen molar-refractivity contribution in [1.82, 2.24) is 9.97 Å². The van der Waals surface area contributed by atoms with E-state index < -0.39 is 12.0 Å². The molecule has 1 rings (SSSR count). The smallest absolute Gasteiger partial charge is 0.320 e. The quantitative estimate of drug-likeness (QED) is 0.544. The van der Waals surface area contributed by atoms with Gasteiger partial charge in [-0.3, -0.25) is 4.79 Å². The third-order valence-electron chi connectivity index (χ3n) is 1.18. The van der Waals surface area contributed by atoms with Gasteiger partial charge < -0.3 is 15.8 Å². The van der Waals surface area contributed by atoms with Gasteiger partial charge in [0, 0.05) is 12.6 Å². The fourth-order valence-corrected chi connectivity index (χ4v) is 0.616. The Morgan fingerprint density at radius 3 is 3.27 bits per heavy atom. The molecule has 0 aromatic carbocycles. The zero-order valence-electron chi connectivity index (χ0n) is 7.66. The van der Waals surface area contributed by atoms with E-state index >= 15 is 0 Å². The molecule has 60 valence electrons. The van der Waals surface area contributed by atoms with Crippen LogP contribution in [-0.2, 0) is 11.2 Å². The van der Waals surface area contributed by atoms with Crippen LogP contribution in [0.1, 0.15) is 8.44 Å². The Balaban J connectivity index is 2.74. The van der Waals surface area contributed by atoms with Crippen molar-refractivity contribution >= 4 is 5.97 Å². The van der Waals surface area contributed by atoms with Gasteiger partial charge in [-0.2, -0.15) is 0 Å². The number of hydrogen-bond acceptors (Lipinski definition) is 3. The molecule has 0 fully saturated rings. The predicted molar refractivity (Wildman–Crippen MR) is 37.9 cm³/mol. The summed E-state index contributed by atoms with van der Waals surface area (Å²) < 4.78 is 14.3. The fraction of sp³-hybridized carbons (Fsp3) is 0.333. The van der Waals surface area contributed by atoms with E-state index in [0.717, 1.165) is 0 Å². The molecule has 0 aliphatic carbocycles. The van der Waals surface area contributed by atoms with Crippen LogP contribution in [0.4, 0.5) is 0 Å². The van der Waals surface area contributed by atoms with Crippen molar-refractivity contribution in [2.24, 2.45) is 5.73 Å². The summed E-state index contributed by atoms with van der Waals surface area (Å²) in [6, 6.07) is -1.08. The van der Waals surface area contributed by atoms with Crippen LogP contribution in [0.15, 0.2) is 12.5 Å². The van der Waals surface area contributed by atoms with Crippen molar-refractivity contribution in [3.8, 4) is 0 Å². The molecular weight excluding hydrogens is 146 g/mol. The number of hydrogen-bond donors (Lipinski definition) is 3. The SMILES string of the molecule is [2H]c1nc(C[C@H](N)C(=O)O)c([2H])[nH]1. The average Bonchev–Trinajstić information content (AvgIpc) is 2.30. The molecule has 1 aromatic rings. The summed E-state index contributed by atoms with van der Waals surface area (Å²) in [5.74, 6) is -1.14. The highest BCUT2D eigenvalue weighted by Crippen LogP contribution is 1.95. The second-order valence-electron chi connectivity index (χ2n) is 2.07. The van der Waals surface area contributed by atoms with Gasteiger partial charge in [-0.1, -0.05) is 0 Å². The number of nitrogens with zero attached hydrogens (tertiary/aromatic N) is 1. The topological polar surface area (TPSA) is 92.0 Å². The first kappa shape index (κ1) is 5.31. The molecule has 5 nitrogen and oxygen atoms in total. The van der Waals surface area contributed by atoms with Gasteiger partial charge in [0.05, 0.1) is 13.4 Å². The van der Waals surface area contributed by atoms with Crippen LogP contribution in [0, 0.1) is 0 Å². The Bertz CT molecular complexity index is 326. The van der Waals surface area contributed by atoms with Crippen molar-refractivity contribution in [2.45, 2.75) is 12.5 Å². The normalized spacial score (nSPS) is 15.4. The molecule has 1 atom stereocenters. The van der Waals surface area contributed by atoms with Crippen LogP contribution >= 0.6 is 0 Å². The van der Waals surface area contributed by atoms with Crippen molar-refractivity contribution in [1.29, 1.82) is 0 Å². The minimum absolute atomic E-state index is 0.0381. The van der Waals surface area contributed by atoms with E-state index in [1.807, 2.05) is 0 Å². The first-order valence-corrected chi connectivity index (χ1v) is 3.01. The highest BCUT2D eigenvalue weighted by Gasteiger charge is 2.12. The minimum atomic E-state index is -1.14. The molecule has 11 heavy (non-hydrogen) atoms. The van der Waals surface area contributed by atoms with Crippen molar-refractivity contribution in [3.63, 3.8) is 0 Å². The summed E-state index contributed by atoms with van der Waals surface area (Å²) in [5, 5.41) is 8.47. The molecule has 0 aliphatic heterocycles. The maximum absolute atomic E-state index is 10.4. The first-order chi connectivity index (χ1) is 6.00. The number of H-pyrrole nitrogens is 1. The Kier molecular flexibility index (Phi) is 1.52. The van der Waals surface area contributed by atoms with Crippen molar-refractivity contribution < 1.29 is 12.6 Å². The third kappa shape index (κ3) is 2.05. The molecule has 1 aromatic heterocycles. The lowest BCUT2D eigenvalue weighted by molar-refractivity contribution is -0.138. The summed E-state index contributed by atoms with van der Waals surface area (Å²) in [7, 11) is 0. The summed E-state index contributed by atoms with van der Waals surface area (Å²) >= 11 is 0. The number of rotatable bonds is 3. The number of carbonyl (C=O) groups is 1. The van der Waals surface area contributed by atoms with Crippen LogP contribution in [0.25, 0.3) is 0 Å². The number of carboxylic acid groups (broad SMARTS) is 1. The third-order valence-corrected chi connectivity index (χ3v) is 1.18. The predicted octanol–water partition coefficient (Wildman–Crippen LogP) is -0.636. The van der Waals surface area contributed by atoms with Gasteiger partial charge in [-0.25, -0.2) is 4.98 Å². The summed E-state index contributed by atoms with van der Waals surface area (Å²) in [6.07, 6.45) is -0.247. The molecule has 0 saturated heterocycles.